The lowest BCUT2D eigenvalue weighted by molar-refractivity contribution is -0.117. The second-order valence-electron chi connectivity index (χ2n) is 7.07. The summed E-state index contributed by atoms with van der Waals surface area (Å²) in [6.07, 6.45) is 5.28. The van der Waals surface area contributed by atoms with Gasteiger partial charge in [-0.3, -0.25) is 9.69 Å². The van der Waals surface area contributed by atoms with Crippen LogP contribution in [-0.4, -0.2) is 68.1 Å². The highest BCUT2D eigenvalue weighted by atomic mass is 32.1. The van der Waals surface area contributed by atoms with Crippen LogP contribution >= 0.6 is 11.3 Å². The molecule has 1 aromatic rings. The van der Waals surface area contributed by atoms with Gasteiger partial charge >= 0.3 is 5.97 Å². The van der Waals surface area contributed by atoms with Crippen molar-refractivity contribution in [3.8, 4) is 0 Å². The molecule has 1 amide bonds. The number of nitrogens with one attached hydrogen (secondary N) is 1. The Labute approximate surface area is 159 Å². The summed E-state index contributed by atoms with van der Waals surface area (Å²) in [6, 6.07) is 0. The molecule has 0 spiro atoms. The molecule has 3 rings (SSSR count). The first-order valence-electron chi connectivity index (χ1n) is 9.59. The molecule has 1 aliphatic heterocycles. The molecule has 144 valence electrons. The Morgan fingerprint density at radius 2 is 1.81 bits per heavy atom. The number of carbonyl (C=O) groups is 2. The maximum atomic E-state index is 12.6. The fraction of sp³-hybridized carbons (Fsp3) is 0.684. The number of hydrogen-bond donors (Lipinski definition) is 1. The van der Waals surface area contributed by atoms with Crippen molar-refractivity contribution < 1.29 is 14.3 Å². The highest BCUT2D eigenvalue weighted by molar-refractivity contribution is 7.17. The number of esters is 1. The van der Waals surface area contributed by atoms with E-state index >= 15 is 0 Å². The molecule has 0 atom stereocenters. The van der Waals surface area contributed by atoms with E-state index in [4.69, 9.17) is 4.74 Å². The van der Waals surface area contributed by atoms with Crippen molar-refractivity contribution in [2.75, 3.05) is 51.7 Å². The molecular formula is C19H29N3O3S. The summed E-state index contributed by atoms with van der Waals surface area (Å²) < 4.78 is 4.97. The fourth-order valence-corrected chi connectivity index (χ4v) is 5.12. The molecular weight excluding hydrogens is 350 g/mol. The Morgan fingerprint density at radius 1 is 1.12 bits per heavy atom. The zero-order valence-corrected chi connectivity index (χ0v) is 16.6. The third-order valence-corrected chi connectivity index (χ3v) is 6.39. The minimum atomic E-state index is -0.340. The van der Waals surface area contributed by atoms with Gasteiger partial charge in [-0.15, -0.1) is 11.3 Å². The molecule has 0 bridgehead atoms. The van der Waals surface area contributed by atoms with Gasteiger partial charge in [0.25, 0.3) is 0 Å². The number of aryl methyl sites for hydroxylation is 1. The summed E-state index contributed by atoms with van der Waals surface area (Å²) in [6.45, 7) is 7.56. The third-order valence-electron chi connectivity index (χ3n) is 5.19. The number of amides is 1. The molecule has 0 aromatic carbocycles. The molecule has 1 aliphatic carbocycles. The molecule has 6 nitrogen and oxygen atoms in total. The van der Waals surface area contributed by atoms with Crippen LogP contribution in [0.25, 0.3) is 0 Å². The monoisotopic (exact) mass is 379 g/mol. The van der Waals surface area contributed by atoms with Crippen LogP contribution in [0.5, 0.6) is 0 Å². The van der Waals surface area contributed by atoms with Crippen LogP contribution in [0.2, 0.25) is 0 Å². The van der Waals surface area contributed by atoms with Crippen LogP contribution < -0.4 is 5.32 Å². The number of rotatable bonds is 6. The van der Waals surface area contributed by atoms with Crippen molar-refractivity contribution in [3.05, 3.63) is 16.0 Å². The molecule has 0 unspecified atom stereocenters. The quantitative estimate of drug-likeness (QED) is 0.769. The number of hydrogen-bond acceptors (Lipinski definition) is 6. The first-order chi connectivity index (χ1) is 12.6. The first-order valence-corrected chi connectivity index (χ1v) is 10.4. The van der Waals surface area contributed by atoms with Crippen LogP contribution in [0.15, 0.2) is 0 Å². The maximum Gasteiger partial charge on any atom is 0.341 e. The number of fused-ring (bicyclic) bond motifs is 1. The number of nitrogens with zero attached hydrogens (tertiary/aromatic N) is 2. The Kier molecular flexibility index (Phi) is 6.67. The van der Waals surface area contributed by atoms with E-state index in [1.54, 1.807) is 11.3 Å². The van der Waals surface area contributed by atoms with Crippen LogP contribution in [0.4, 0.5) is 5.00 Å². The van der Waals surface area contributed by atoms with E-state index in [0.29, 0.717) is 17.1 Å². The molecule has 7 heteroatoms. The van der Waals surface area contributed by atoms with E-state index in [1.807, 2.05) is 0 Å². The van der Waals surface area contributed by atoms with Crippen LogP contribution in [0.3, 0.4) is 0 Å². The summed E-state index contributed by atoms with van der Waals surface area (Å²) in [5.74, 6) is -0.384. The van der Waals surface area contributed by atoms with Crippen molar-refractivity contribution in [2.24, 2.45) is 0 Å². The van der Waals surface area contributed by atoms with Crippen LogP contribution in [-0.2, 0) is 22.4 Å². The predicted molar refractivity (Wildman–Crippen MR) is 104 cm³/mol. The topological polar surface area (TPSA) is 61.9 Å². The van der Waals surface area contributed by atoms with E-state index in [-0.39, 0.29) is 11.9 Å². The zero-order chi connectivity index (χ0) is 18.5. The summed E-state index contributed by atoms with van der Waals surface area (Å²) in [5, 5.41) is 3.66. The van der Waals surface area contributed by atoms with Gasteiger partial charge in [-0.05, 0) is 44.2 Å². The summed E-state index contributed by atoms with van der Waals surface area (Å²) in [5.41, 5.74) is 1.66. The van der Waals surface area contributed by atoms with Gasteiger partial charge in [-0.2, -0.15) is 0 Å². The number of carbonyl (C=O) groups excluding carboxylic acids is 2. The van der Waals surface area contributed by atoms with Crippen molar-refractivity contribution >= 4 is 28.2 Å². The van der Waals surface area contributed by atoms with Crippen LogP contribution in [0.1, 0.15) is 47.0 Å². The second-order valence-corrected chi connectivity index (χ2v) is 8.18. The average Bonchev–Trinajstić information content (AvgIpc) is 3.00. The average molecular weight is 380 g/mol. The summed E-state index contributed by atoms with van der Waals surface area (Å²) in [4.78, 5) is 30.7. The lowest BCUT2D eigenvalue weighted by Gasteiger charge is -2.34. The fourth-order valence-electron chi connectivity index (χ4n) is 3.83. The number of piperazine rings is 1. The van der Waals surface area contributed by atoms with Gasteiger partial charge in [0.2, 0.25) is 5.91 Å². The lowest BCUT2D eigenvalue weighted by Crippen LogP contribution is -2.48. The highest BCUT2D eigenvalue weighted by Crippen LogP contribution is 2.38. The van der Waals surface area contributed by atoms with Crippen molar-refractivity contribution in [3.63, 3.8) is 0 Å². The van der Waals surface area contributed by atoms with Crippen molar-refractivity contribution in [1.82, 2.24) is 9.80 Å². The summed E-state index contributed by atoms with van der Waals surface area (Å²) >= 11 is 1.54. The van der Waals surface area contributed by atoms with E-state index < -0.39 is 0 Å². The van der Waals surface area contributed by atoms with Gasteiger partial charge in [0.05, 0.1) is 19.2 Å². The smallest absolute Gasteiger partial charge is 0.341 e. The minimum Gasteiger partial charge on any atom is -0.465 e. The highest BCUT2D eigenvalue weighted by Gasteiger charge is 2.27. The zero-order valence-electron chi connectivity index (χ0n) is 15.8. The Balaban J connectivity index is 1.62. The van der Waals surface area contributed by atoms with Gasteiger partial charge in [0.1, 0.15) is 5.00 Å². The van der Waals surface area contributed by atoms with E-state index in [9.17, 15) is 9.59 Å². The summed E-state index contributed by atoms with van der Waals surface area (Å²) in [7, 11) is 1.40. The second kappa shape index (κ2) is 8.97. The molecule has 2 heterocycles. The molecule has 1 fully saturated rings. The molecule has 0 saturated carbocycles. The first kappa shape index (κ1) is 19.3. The minimum absolute atomic E-state index is 0.0438. The molecule has 26 heavy (non-hydrogen) atoms. The Hall–Kier alpha value is -1.44. The van der Waals surface area contributed by atoms with E-state index in [2.05, 4.69) is 22.0 Å². The molecule has 1 aromatic heterocycles. The predicted octanol–water partition coefficient (Wildman–Crippen LogP) is 2.38. The number of methoxy groups -OCH3 is 1. The third kappa shape index (κ3) is 4.45. The van der Waals surface area contributed by atoms with Gasteiger partial charge < -0.3 is 15.0 Å². The SMILES string of the molecule is CCCN1CCN(CC(=O)Nc2sc3c(c2C(=O)OC)CCCC3)CC1. The van der Waals surface area contributed by atoms with Crippen LogP contribution in [0, 0.1) is 0 Å². The molecule has 1 saturated heterocycles. The maximum absolute atomic E-state index is 12.6. The molecule has 2 aliphatic rings. The molecule has 0 radical (unpaired) electrons. The van der Waals surface area contributed by atoms with E-state index in [0.717, 1.165) is 64.0 Å². The normalized spacial score (nSPS) is 18.4. The van der Waals surface area contributed by atoms with Crippen molar-refractivity contribution in [2.45, 2.75) is 39.0 Å². The standard InChI is InChI=1S/C19H29N3O3S/c1-3-8-21-9-11-22(12-10-21)13-16(23)20-18-17(19(24)25-2)14-6-4-5-7-15(14)26-18/h3-13H2,1-2H3,(H,20,23). The van der Waals surface area contributed by atoms with Crippen molar-refractivity contribution in [1.29, 1.82) is 0 Å². The number of anilines is 1. The van der Waals surface area contributed by atoms with Gasteiger partial charge in [-0.1, -0.05) is 6.92 Å². The van der Waals surface area contributed by atoms with Gasteiger partial charge in [0, 0.05) is 31.1 Å². The number of ether oxygens (including phenoxy) is 1. The Morgan fingerprint density at radius 3 is 2.50 bits per heavy atom. The number of thiophene rings is 1. The molecule has 1 N–H and O–H groups in total. The van der Waals surface area contributed by atoms with E-state index in [1.165, 1.54) is 18.4 Å². The lowest BCUT2D eigenvalue weighted by atomic mass is 9.95. The van der Waals surface area contributed by atoms with Gasteiger partial charge in [0.15, 0.2) is 0 Å². The van der Waals surface area contributed by atoms with Gasteiger partial charge in [-0.25, -0.2) is 4.79 Å². The largest absolute Gasteiger partial charge is 0.465 e. The Bertz CT molecular complexity index is 651.